The number of nitrogens with zero attached hydrogens (tertiary/aromatic N) is 3. The monoisotopic (exact) mass is 581 g/mol. The van der Waals surface area contributed by atoms with Gasteiger partial charge in [-0.3, -0.25) is 9.36 Å². The van der Waals surface area contributed by atoms with Gasteiger partial charge in [-0.25, -0.2) is 13.4 Å². The third-order valence-corrected chi connectivity index (χ3v) is 10.3. The maximum Gasteiger partial charge on any atom is 0.266 e. The molecule has 0 aliphatic rings. The molecule has 42 heavy (non-hydrogen) atoms. The zero-order valence-corrected chi connectivity index (χ0v) is 25.9. The van der Waals surface area contributed by atoms with Crippen LogP contribution in [0.25, 0.3) is 27.4 Å². The molecule has 1 aromatic heterocycles. The summed E-state index contributed by atoms with van der Waals surface area (Å²) >= 11 is 0. The van der Waals surface area contributed by atoms with Crippen LogP contribution in [0.3, 0.4) is 0 Å². The van der Waals surface area contributed by atoms with Crippen LogP contribution in [0.2, 0.25) is 0 Å². The normalized spacial score (nSPS) is 12.8. The molecule has 0 radical (unpaired) electrons. The number of aryl methyl sites for hydroxylation is 3. The van der Waals surface area contributed by atoms with Gasteiger partial charge in [0.15, 0.2) is 0 Å². The maximum absolute atomic E-state index is 14.5. The topological polar surface area (TPSA) is 72.3 Å². The van der Waals surface area contributed by atoms with Crippen molar-refractivity contribution in [3.05, 3.63) is 112 Å². The summed E-state index contributed by atoms with van der Waals surface area (Å²) in [5.41, 5.74) is 3.45. The highest BCUT2D eigenvalue weighted by Gasteiger charge is 2.34. The molecule has 5 aromatic rings. The van der Waals surface area contributed by atoms with E-state index in [2.05, 4.69) is 6.92 Å². The van der Waals surface area contributed by atoms with Gasteiger partial charge in [0, 0.05) is 6.54 Å². The average Bonchev–Trinajstić information content (AvgIpc) is 2.95. The SMILES string of the molecule is CCCCCCN(C(C)c1nc2ccccc2c(=O)n1-c1ccc2ccccc2c1)S(=O)(=O)c1c(C)cc(C)cc1C. The lowest BCUT2D eigenvalue weighted by Gasteiger charge is -2.31. The minimum absolute atomic E-state index is 0.219. The van der Waals surface area contributed by atoms with Crippen molar-refractivity contribution in [2.75, 3.05) is 6.54 Å². The number of unbranched alkanes of at least 4 members (excludes halogenated alkanes) is 3. The summed E-state index contributed by atoms with van der Waals surface area (Å²) in [4.78, 5) is 19.4. The van der Waals surface area contributed by atoms with Crippen molar-refractivity contribution < 1.29 is 8.42 Å². The highest BCUT2D eigenvalue weighted by molar-refractivity contribution is 7.89. The Morgan fingerprint density at radius 2 is 1.50 bits per heavy atom. The van der Waals surface area contributed by atoms with Crippen LogP contribution in [0.5, 0.6) is 0 Å². The van der Waals surface area contributed by atoms with Crippen LogP contribution in [0.1, 0.15) is 68.1 Å². The summed E-state index contributed by atoms with van der Waals surface area (Å²) in [6, 6.07) is 24.2. The van der Waals surface area contributed by atoms with Gasteiger partial charge in [-0.15, -0.1) is 0 Å². The fourth-order valence-electron chi connectivity index (χ4n) is 6.03. The van der Waals surface area contributed by atoms with E-state index >= 15 is 0 Å². The second-order valence-corrected chi connectivity index (χ2v) is 13.1. The summed E-state index contributed by atoms with van der Waals surface area (Å²) in [5, 5.41) is 2.54. The Morgan fingerprint density at radius 1 is 0.833 bits per heavy atom. The highest BCUT2D eigenvalue weighted by Crippen LogP contribution is 2.33. The van der Waals surface area contributed by atoms with Crippen molar-refractivity contribution in [1.29, 1.82) is 0 Å². The van der Waals surface area contributed by atoms with Crippen LogP contribution in [0.15, 0.2) is 88.6 Å². The fourth-order valence-corrected chi connectivity index (χ4v) is 8.08. The standard InChI is InChI=1S/C35H39N3O3S/c1-6-7-8-13-20-37(42(40,41)33-25(3)21-24(2)22-26(33)4)27(5)34-36-32-17-12-11-16-31(32)35(39)38(34)30-19-18-28-14-9-10-15-29(28)23-30/h9-12,14-19,21-23,27H,6-8,13,20H2,1-5H3. The minimum Gasteiger partial charge on any atom is -0.268 e. The average molecular weight is 582 g/mol. The Labute approximate surface area is 248 Å². The van der Waals surface area contributed by atoms with Crippen molar-refractivity contribution in [2.45, 2.75) is 71.2 Å². The number of rotatable bonds is 10. The van der Waals surface area contributed by atoms with Gasteiger partial charge >= 0.3 is 0 Å². The molecule has 218 valence electrons. The quantitative estimate of drug-likeness (QED) is 0.158. The van der Waals surface area contributed by atoms with Gasteiger partial charge in [0.25, 0.3) is 5.56 Å². The summed E-state index contributed by atoms with van der Waals surface area (Å²) in [7, 11) is -3.94. The molecule has 0 aliphatic heterocycles. The first kappa shape index (κ1) is 29.7. The molecular formula is C35H39N3O3S. The lowest BCUT2D eigenvalue weighted by molar-refractivity contribution is 0.319. The van der Waals surface area contributed by atoms with Gasteiger partial charge in [0.2, 0.25) is 10.0 Å². The van der Waals surface area contributed by atoms with Crippen LogP contribution in [-0.4, -0.2) is 28.8 Å². The molecule has 5 rings (SSSR count). The third kappa shape index (κ3) is 5.63. The molecule has 4 aromatic carbocycles. The molecule has 0 aliphatic carbocycles. The molecule has 7 heteroatoms. The van der Waals surface area contributed by atoms with Gasteiger partial charge in [0.05, 0.1) is 27.5 Å². The molecule has 0 saturated heterocycles. The summed E-state index contributed by atoms with van der Waals surface area (Å²) < 4.78 is 32.2. The second kappa shape index (κ2) is 12.2. The van der Waals surface area contributed by atoms with Crippen molar-refractivity contribution in [1.82, 2.24) is 13.9 Å². The summed E-state index contributed by atoms with van der Waals surface area (Å²) in [6.07, 6.45) is 3.71. The van der Waals surface area contributed by atoms with E-state index in [0.717, 1.165) is 53.1 Å². The molecule has 0 bridgehead atoms. The largest absolute Gasteiger partial charge is 0.268 e. The predicted octanol–water partition coefficient (Wildman–Crippen LogP) is 7.80. The molecule has 1 unspecified atom stereocenters. The molecular weight excluding hydrogens is 542 g/mol. The number of hydrogen-bond acceptors (Lipinski definition) is 4. The lowest BCUT2D eigenvalue weighted by Crippen LogP contribution is -2.38. The predicted molar refractivity (Wildman–Crippen MR) is 172 cm³/mol. The van der Waals surface area contributed by atoms with Crippen LogP contribution in [-0.2, 0) is 10.0 Å². The van der Waals surface area contributed by atoms with E-state index in [-0.39, 0.29) is 5.56 Å². The number of aromatic nitrogens is 2. The molecule has 0 fully saturated rings. The molecule has 1 atom stereocenters. The van der Waals surface area contributed by atoms with Crippen LogP contribution in [0, 0.1) is 20.8 Å². The number of benzene rings is 4. The number of fused-ring (bicyclic) bond motifs is 2. The third-order valence-electron chi connectivity index (χ3n) is 8.00. The van der Waals surface area contributed by atoms with E-state index in [0.29, 0.717) is 33.9 Å². The Bertz CT molecular complexity index is 1910. The fraction of sp³-hybridized carbons (Fsp3) is 0.314. The van der Waals surface area contributed by atoms with Gasteiger partial charge in [-0.2, -0.15) is 4.31 Å². The summed E-state index contributed by atoms with van der Waals surface area (Å²) in [5.74, 6) is 0.399. The number of para-hydroxylation sites is 1. The van der Waals surface area contributed by atoms with E-state index < -0.39 is 16.1 Å². The van der Waals surface area contributed by atoms with Gasteiger partial charge in [0.1, 0.15) is 5.82 Å². The van der Waals surface area contributed by atoms with E-state index in [9.17, 15) is 13.2 Å². The van der Waals surface area contributed by atoms with Crippen LogP contribution >= 0.6 is 0 Å². The van der Waals surface area contributed by atoms with E-state index in [1.54, 1.807) is 14.9 Å². The van der Waals surface area contributed by atoms with E-state index in [1.165, 1.54) is 0 Å². The van der Waals surface area contributed by atoms with Gasteiger partial charge in [-0.05, 0) is 80.3 Å². The minimum atomic E-state index is -3.94. The molecule has 0 amide bonds. The van der Waals surface area contributed by atoms with Crippen molar-refractivity contribution >= 4 is 31.7 Å². The second-order valence-electron chi connectivity index (χ2n) is 11.2. The summed E-state index contributed by atoms with van der Waals surface area (Å²) in [6.45, 7) is 10.00. The molecule has 0 spiro atoms. The Kier molecular flexibility index (Phi) is 8.62. The van der Waals surface area contributed by atoms with Crippen molar-refractivity contribution in [3.8, 4) is 5.69 Å². The van der Waals surface area contributed by atoms with Crippen LogP contribution in [0.4, 0.5) is 0 Å². The zero-order valence-electron chi connectivity index (χ0n) is 25.1. The Balaban J connectivity index is 1.73. The smallest absolute Gasteiger partial charge is 0.266 e. The Hall–Kier alpha value is -3.81. The number of sulfonamides is 1. The zero-order chi connectivity index (χ0) is 30.0. The maximum atomic E-state index is 14.5. The van der Waals surface area contributed by atoms with Crippen molar-refractivity contribution in [3.63, 3.8) is 0 Å². The van der Waals surface area contributed by atoms with Gasteiger partial charge in [-0.1, -0.05) is 86.3 Å². The first-order valence-corrected chi connectivity index (χ1v) is 16.2. The highest BCUT2D eigenvalue weighted by atomic mass is 32.2. The first-order chi connectivity index (χ1) is 20.1. The molecule has 0 saturated carbocycles. The van der Waals surface area contributed by atoms with Gasteiger partial charge < -0.3 is 0 Å². The molecule has 0 N–H and O–H groups in total. The van der Waals surface area contributed by atoms with E-state index in [4.69, 9.17) is 4.98 Å². The molecule has 6 nitrogen and oxygen atoms in total. The number of hydrogen-bond donors (Lipinski definition) is 0. The first-order valence-electron chi connectivity index (χ1n) is 14.7. The Morgan fingerprint density at radius 3 is 2.21 bits per heavy atom. The van der Waals surface area contributed by atoms with Crippen molar-refractivity contribution in [2.24, 2.45) is 0 Å². The lowest BCUT2D eigenvalue weighted by atomic mass is 10.1. The van der Waals surface area contributed by atoms with E-state index in [1.807, 2.05) is 100 Å². The molecule has 1 heterocycles. The van der Waals surface area contributed by atoms with Crippen LogP contribution < -0.4 is 5.56 Å².